The minimum atomic E-state index is -1.72. The molecule has 1 heterocycles. The standard InChI is InChI=1S/C26H24F3N3O4/c1-13-7-9-19-16(11-13)22(15-5-3-4-6-18(15)31-19)26(35)36-14(2)25(34)30-12-21(33)32-20-10-8-17(27)23(28)24(20)29/h3-6,8,10,13-14H,7,9,11-12H2,1-2H3,(H,30,34)(H,32,33). The number of pyridine rings is 1. The molecule has 188 valence electrons. The zero-order valence-corrected chi connectivity index (χ0v) is 19.7. The van der Waals surface area contributed by atoms with Crippen molar-refractivity contribution in [2.45, 2.75) is 39.2 Å². The Bertz CT molecular complexity index is 1360. The zero-order valence-electron chi connectivity index (χ0n) is 19.7. The van der Waals surface area contributed by atoms with Gasteiger partial charge in [0.05, 0.1) is 23.3 Å². The van der Waals surface area contributed by atoms with Crippen molar-refractivity contribution in [3.8, 4) is 0 Å². The predicted octanol–water partition coefficient (Wildman–Crippen LogP) is 4.08. The maximum Gasteiger partial charge on any atom is 0.339 e. The van der Waals surface area contributed by atoms with Crippen LogP contribution in [0.15, 0.2) is 36.4 Å². The number of aryl methyl sites for hydroxylation is 1. The summed E-state index contributed by atoms with van der Waals surface area (Å²) in [5.74, 6) is -6.62. The second kappa shape index (κ2) is 10.3. The second-order valence-corrected chi connectivity index (χ2v) is 8.81. The number of nitrogens with zero attached hydrogens (tertiary/aromatic N) is 1. The van der Waals surface area contributed by atoms with Gasteiger partial charge in [0.25, 0.3) is 5.91 Å². The van der Waals surface area contributed by atoms with E-state index < -0.39 is 53.6 Å². The van der Waals surface area contributed by atoms with E-state index in [-0.39, 0.29) is 0 Å². The molecule has 2 atom stereocenters. The number of anilines is 1. The van der Waals surface area contributed by atoms with Crippen LogP contribution < -0.4 is 10.6 Å². The van der Waals surface area contributed by atoms with Crippen molar-refractivity contribution in [3.63, 3.8) is 0 Å². The number of aromatic nitrogens is 1. The molecule has 36 heavy (non-hydrogen) atoms. The quantitative estimate of drug-likeness (QED) is 0.394. The summed E-state index contributed by atoms with van der Waals surface area (Å²) < 4.78 is 45.5. The van der Waals surface area contributed by atoms with Crippen LogP contribution in [0.5, 0.6) is 0 Å². The maximum absolute atomic E-state index is 13.7. The highest BCUT2D eigenvalue weighted by Crippen LogP contribution is 2.32. The summed E-state index contributed by atoms with van der Waals surface area (Å²) in [7, 11) is 0. The molecule has 0 saturated heterocycles. The van der Waals surface area contributed by atoms with Gasteiger partial charge < -0.3 is 15.4 Å². The van der Waals surface area contributed by atoms with E-state index in [0.29, 0.717) is 34.9 Å². The Morgan fingerprint density at radius 2 is 1.86 bits per heavy atom. The van der Waals surface area contributed by atoms with Crippen LogP contribution in [0.2, 0.25) is 0 Å². The minimum absolute atomic E-state index is 0.366. The molecule has 0 radical (unpaired) electrons. The molecule has 0 saturated carbocycles. The second-order valence-electron chi connectivity index (χ2n) is 8.81. The number of ether oxygens (including phenoxy) is 1. The number of amides is 2. The zero-order chi connectivity index (χ0) is 26.0. The number of carbonyl (C=O) groups is 3. The van der Waals surface area contributed by atoms with Gasteiger partial charge in [-0.2, -0.15) is 0 Å². The molecule has 0 bridgehead atoms. The molecule has 2 N–H and O–H groups in total. The smallest absolute Gasteiger partial charge is 0.339 e. The summed E-state index contributed by atoms with van der Waals surface area (Å²) in [6.07, 6.45) is 1.13. The SMILES string of the molecule is CC1CCc2nc3ccccc3c(C(=O)OC(C)C(=O)NCC(=O)Nc3ccc(F)c(F)c3F)c2C1. The fourth-order valence-electron chi connectivity index (χ4n) is 4.20. The normalized spacial score (nSPS) is 15.6. The van der Waals surface area contributed by atoms with Gasteiger partial charge in [-0.3, -0.25) is 14.6 Å². The van der Waals surface area contributed by atoms with Gasteiger partial charge >= 0.3 is 5.97 Å². The van der Waals surface area contributed by atoms with Crippen molar-refractivity contribution in [1.29, 1.82) is 0 Å². The summed E-state index contributed by atoms with van der Waals surface area (Å²) in [5, 5.41) is 4.96. The van der Waals surface area contributed by atoms with Gasteiger partial charge in [0.2, 0.25) is 5.91 Å². The Balaban J connectivity index is 1.43. The highest BCUT2D eigenvalue weighted by Gasteiger charge is 2.28. The van der Waals surface area contributed by atoms with Crippen molar-refractivity contribution < 1.29 is 32.3 Å². The fourth-order valence-corrected chi connectivity index (χ4v) is 4.20. The van der Waals surface area contributed by atoms with Crippen molar-refractivity contribution >= 4 is 34.4 Å². The van der Waals surface area contributed by atoms with Gasteiger partial charge in [-0.15, -0.1) is 0 Å². The Kier molecular flexibility index (Phi) is 7.23. The lowest BCUT2D eigenvalue weighted by Crippen LogP contribution is -2.40. The summed E-state index contributed by atoms with van der Waals surface area (Å²) in [6.45, 7) is 2.85. The number of carbonyl (C=O) groups excluding carboxylic acids is 3. The molecule has 7 nitrogen and oxygen atoms in total. The lowest BCUT2D eigenvalue weighted by molar-refractivity contribution is -0.130. The number of benzene rings is 2. The predicted molar refractivity (Wildman–Crippen MR) is 126 cm³/mol. The number of hydrogen-bond acceptors (Lipinski definition) is 5. The first kappa shape index (κ1) is 25.2. The third kappa shape index (κ3) is 5.17. The molecule has 1 aliphatic carbocycles. The highest BCUT2D eigenvalue weighted by molar-refractivity contribution is 6.06. The Labute approximate surface area is 205 Å². The number of para-hydroxylation sites is 1. The number of fused-ring (bicyclic) bond motifs is 2. The van der Waals surface area contributed by atoms with Gasteiger partial charge in [0, 0.05) is 11.1 Å². The average molecular weight is 499 g/mol. The van der Waals surface area contributed by atoms with E-state index in [4.69, 9.17) is 9.72 Å². The molecule has 2 amide bonds. The Hall–Kier alpha value is -3.95. The van der Waals surface area contributed by atoms with E-state index in [1.54, 1.807) is 12.1 Å². The van der Waals surface area contributed by atoms with Crippen LogP contribution in [-0.4, -0.2) is 35.4 Å². The number of halogens is 3. The first-order chi connectivity index (χ1) is 17.2. The first-order valence-corrected chi connectivity index (χ1v) is 11.5. The molecular weight excluding hydrogens is 475 g/mol. The summed E-state index contributed by atoms with van der Waals surface area (Å²) in [6, 6.07) is 8.74. The van der Waals surface area contributed by atoms with E-state index in [9.17, 15) is 27.6 Å². The van der Waals surface area contributed by atoms with E-state index in [1.165, 1.54) is 6.92 Å². The van der Waals surface area contributed by atoms with Crippen LogP contribution >= 0.6 is 0 Å². The van der Waals surface area contributed by atoms with Crippen LogP contribution in [0.3, 0.4) is 0 Å². The topological polar surface area (TPSA) is 97.4 Å². The van der Waals surface area contributed by atoms with Gasteiger partial charge in [0.15, 0.2) is 23.6 Å². The lowest BCUT2D eigenvalue weighted by atomic mass is 9.84. The lowest BCUT2D eigenvalue weighted by Gasteiger charge is -2.24. The number of rotatable bonds is 6. The molecule has 1 aliphatic rings. The van der Waals surface area contributed by atoms with Gasteiger partial charge in [0.1, 0.15) is 0 Å². The third-order valence-electron chi connectivity index (χ3n) is 6.10. The first-order valence-electron chi connectivity index (χ1n) is 11.5. The number of hydrogen-bond donors (Lipinski definition) is 2. The monoisotopic (exact) mass is 499 g/mol. The van der Waals surface area contributed by atoms with Crippen LogP contribution in [0.4, 0.5) is 18.9 Å². The summed E-state index contributed by atoms with van der Waals surface area (Å²) in [4.78, 5) is 42.4. The Morgan fingerprint density at radius 3 is 2.64 bits per heavy atom. The fraction of sp³-hybridized carbons (Fsp3) is 0.308. The van der Waals surface area contributed by atoms with Crippen molar-refractivity contribution in [1.82, 2.24) is 10.3 Å². The molecule has 2 aromatic carbocycles. The molecule has 1 aromatic heterocycles. The maximum atomic E-state index is 13.7. The van der Waals surface area contributed by atoms with E-state index >= 15 is 0 Å². The highest BCUT2D eigenvalue weighted by atomic mass is 19.2. The van der Waals surface area contributed by atoms with E-state index in [1.807, 2.05) is 17.4 Å². The van der Waals surface area contributed by atoms with Crippen molar-refractivity contribution in [3.05, 3.63) is 70.7 Å². The van der Waals surface area contributed by atoms with Gasteiger partial charge in [-0.05, 0) is 55.9 Å². The van der Waals surface area contributed by atoms with Gasteiger partial charge in [-0.1, -0.05) is 25.1 Å². The van der Waals surface area contributed by atoms with Crippen molar-refractivity contribution in [2.24, 2.45) is 5.92 Å². The van der Waals surface area contributed by atoms with E-state index in [0.717, 1.165) is 30.2 Å². The van der Waals surface area contributed by atoms with Crippen LogP contribution in [0.1, 0.15) is 41.9 Å². The van der Waals surface area contributed by atoms with Crippen LogP contribution in [-0.2, 0) is 27.2 Å². The third-order valence-corrected chi connectivity index (χ3v) is 6.10. The molecule has 0 aliphatic heterocycles. The summed E-state index contributed by atoms with van der Waals surface area (Å²) in [5.41, 5.74) is 2.13. The Morgan fingerprint density at radius 1 is 1.11 bits per heavy atom. The minimum Gasteiger partial charge on any atom is -0.449 e. The summed E-state index contributed by atoms with van der Waals surface area (Å²) >= 11 is 0. The molecule has 4 rings (SSSR count). The van der Waals surface area contributed by atoms with Crippen LogP contribution in [0.25, 0.3) is 10.9 Å². The molecule has 0 fully saturated rings. The number of esters is 1. The number of nitrogens with one attached hydrogen (secondary N) is 2. The largest absolute Gasteiger partial charge is 0.449 e. The molecule has 10 heteroatoms. The van der Waals surface area contributed by atoms with Crippen LogP contribution in [0, 0.1) is 23.4 Å². The average Bonchev–Trinajstić information content (AvgIpc) is 2.86. The molecule has 3 aromatic rings. The van der Waals surface area contributed by atoms with Crippen molar-refractivity contribution in [2.75, 3.05) is 11.9 Å². The van der Waals surface area contributed by atoms with E-state index in [2.05, 4.69) is 12.2 Å². The molecular formula is C26H24F3N3O4. The van der Waals surface area contributed by atoms with Gasteiger partial charge in [-0.25, -0.2) is 18.0 Å². The molecule has 0 spiro atoms. The molecule has 2 unspecified atom stereocenters.